The van der Waals surface area contributed by atoms with Crippen molar-refractivity contribution >= 4 is 23.6 Å². The summed E-state index contributed by atoms with van der Waals surface area (Å²) in [6, 6.07) is 5.60. The molecule has 9 heteroatoms. The summed E-state index contributed by atoms with van der Waals surface area (Å²) in [5.41, 5.74) is 6.12. The Morgan fingerprint density at radius 2 is 2.28 bits per heavy atom. The van der Waals surface area contributed by atoms with Crippen molar-refractivity contribution in [3.63, 3.8) is 0 Å². The van der Waals surface area contributed by atoms with Gasteiger partial charge < -0.3 is 15.8 Å². The van der Waals surface area contributed by atoms with Crippen LogP contribution in [0, 0.1) is 0 Å². The van der Waals surface area contributed by atoms with Gasteiger partial charge in [-0.15, -0.1) is 0 Å². The van der Waals surface area contributed by atoms with Crippen molar-refractivity contribution < 1.29 is 9.53 Å². The molecule has 1 atom stereocenters. The molecule has 1 saturated heterocycles. The van der Waals surface area contributed by atoms with Gasteiger partial charge >= 0.3 is 5.97 Å². The SMILES string of the molecule is CCOC(=O)c1cnc(N(c2ccccn2)C2CNCCN2)nc1N. The van der Waals surface area contributed by atoms with Crippen LogP contribution < -0.4 is 21.3 Å². The van der Waals surface area contributed by atoms with E-state index in [9.17, 15) is 4.79 Å². The van der Waals surface area contributed by atoms with Crippen LogP contribution in [0.2, 0.25) is 0 Å². The molecule has 4 N–H and O–H groups in total. The normalized spacial score (nSPS) is 17.1. The maximum Gasteiger partial charge on any atom is 0.343 e. The first-order valence-corrected chi connectivity index (χ1v) is 8.14. The number of anilines is 3. The van der Waals surface area contributed by atoms with Crippen LogP contribution in [0.5, 0.6) is 0 Å². The number of carbonyl (C=O) groups excluding carboxylic acids is 1. The minimum atomic E-state index is -0.534. The summed E-state index contributed by atoms with van der Waals surface area (Å²) in [6.07, 6.45) is 3.01. The molecule has 0 amide bonds. The zero-order valence-electron chi connectivity index (χ0n) is 14.0. The fourth-order valence-corrected chi connectivity index (χ4v) is 2.59. The number of hydrogen-bond donors (Lipinski definition) is 3. The van der Waals surface area contributed by atoms with Crippen LogP contribution in [0.15, 0.2) is 30.6 Å². The van der Waals surface area contributed by atoms with Gasteiger partial charge in [0, 0.05) is 32.0 Å². The van der Waals surface area contributed by atoms with E-state index in [1.165, 1.54) is 6.20 Å². The van der Waals surface area contributed by atoms with Gasteiger partial charge in [0.2, 0.25) is 5.95 Å². The zero-order chi connectivity index (χ0) is 17.6. The molecule has 1 fully saturated rings. The number of nitrogens with two attached hydrogens (primary N) is 1. The van der Waals surface area contributed by atoms with Gasteiger partial charge in [0.1, 0.15) is 23.4 Å². The van der Waals surface area contributed by atoms with Gasteiger partial charge in [-0.05, 0) is 19.1 Å². The predicted molar refractivity (Wildman–Crippen MR) is 93.4 cm³/mol. The maximum atomic E-state index is 11.9. The number of hydrogen-bond acceptors (Lipinski definition) is 9. The van der Waals surface area contributed by atoms with Gasteiger partial charge in [-0.2, -0.15) is 4.98 Å². The highest BCUT2D eigenvalue weighted by Gasteiger charge is 2.26. The zero-order valence-corrected chi connectivity index (χ0v) is 14.0. The first kappa shape index (κ1) is 17.1. The summed E-state index contributed by atoms with van der Waals surface area (Å²) in [4.78, 5) is 26.8. The molecular weight excluding hydrogens is 322 g/mol. The van der Waals surface area contributed by atoms with E-state index in [0.717, 1.165) is 13.1 Å². The molecule has 0 radical (unpaired) electrons. The lowest BCUT2D eigenvalue weighted by molar-refractivity contribution is 0.0527. The molecule has 3 rings (SSSR count). The van der Waals surface area contributed by atoms with Crippen LogP contribution in [0.3, 0.4) is 0 Å². The smallest absolute Gasteiger partial charge is 0.343 e. The van der Waals surface area contributed by atoms with E-state index in [0.29, 0.717) is 18.3 Å². The largest absolute Gasteiger partial charge is 0.462 e. The van der Waals surface area contributed by atoms with Crippen LogP contribution in [0.1, 0.15) is 17.3 Å². The molecular formula is C16H21N7O2. The van der Waals surface area contributed by atoms with E-state index >= 15 is 0 Å². The van der Waals surface area contributed by atoms with Gasteiger partial charge in [0.05, 0.1) is 6.61 Å². The summed E-state index contributed by atoms with van der Waals surface area (Å²) in [5.74, 6) is 0.596. The Kier molecular flexibility index (Phi) is 5.36. The first-order valence-electron chi connectivity index (χ1n) is 8.14. The second kappa shape index (κ2) is 7.86. The number of rotatable bonds is 5. The van der Waals surface area contributed by atoms with Crippen molar-refractivity contribution in [3.05, 3.63) is 36.2 Å². The second-order valence-corrected chi connectivity index (χ2v) is 5.42. The molecule has 3 heterocycles. The predicted octanol–water partition coefficient (Wildman–Crippen LogP) is 0.288. The molecule has 1 aliphatic rings. The molecule has 9 nitrogen and oxygen atoms in total. The summed E-state index contributed by atoms with van der Waals surface area (Å²) in [6.45, 7) is 4.38. The molecule has 0 saturated carbocycles. The fourth-order valence-electron chi connectivity index (χ4n) is 2.59. The molecule has 1 unspecified atom stereocenters. The molecule has 25 heavy (non-hydrogen) atoms. The van der Waals surface area contributed by atoms with E-state index in [1.807, 2.05) is 23.1 Å². The lowest BCUT2D eigenvalue weighted by Crippen LogP contribution is -2.56. The fraction of sp³-hybridized carbons (Fsp3) is 0.375. The van der Waals surface area contributed by atoms with E-state index in [1.54, 1.807) is 13.1 Å². The Bertz CT molecular complexity index is 720. The standard InChI is InChI=1S/C16H21N7O2/c1-2-25-15(24)11-9-21-16(22-14(11)17)23(12-5-3-4-6-19-12)13-10-18-7-8-20-13/h3-6,9,13,18,20H,2,7-8,10H2,1H3,(H2,17,21,22). The number of ether oxygens (including phenoxy) is 1. The Balaban J connectivity index is 1.96. The number of nitrogen functional groups attached to an aromatic ring is 1. The maximum absolute atomic E-state index is 11.9. The number of nitrogens with zero attached hydrogens (tertiary/aromatic N) is 4. The minimum Gasteiger partial charge on any atom is -0.462 e. The van der Waals surface area contributed by atoms with Gasteiger partial charge in [-0.1, -0.05) is 6.07 Å². The van der Waals surface area contributed by atoms with Crippen molar-refractivity contribution in [3.8, 4) is 0 Å². The van der Waals surface area contributed by atoms with Gasteiger partial charge in [-0.25, -0.2) is 14.8 Å². The number of nitrogens with one attached hydrogen (secondary N) is 2. The summed E-state index contributed by atoms with van der Waals surface area (Å²) >= 11 is 0. The highest BCUT2D eigenvalue weighted by atomic mass is 16.5. The van der Waals surface area contributed by atoms with Crippen LogP contribution in [-0.4, -0.2) is 53.3 Å². The molecule has 0 aromatic carbocycles. The van der Waals surface area contributed by atoms with E-state index < -0.39 is 5.97 Å². The van der Waals surface area contributed by atoms with Crippen molar-refractivity contribution in [1.82, 2.24) is 25.6 Å². The highest BCUT2D eigenvalue weighted by Crippen LogP contribution is 2.24. The van der Waals surface area contributed by atoms with E-state index in [-0.39, 0.29) is 24.2 Å². The van der Waals surface area contributed by atoms with Crippen LogP contribution in [0.4, 0.5) is 17.6 Å². The average molecular weight is 343 g/mol. The average Bonchev–Trinajstić information content (AvgIpc) is 2.64. The topological polar surface area (TPSA) is 118 Å². The number of pyridine rings is 1. The van der Waals surface area contributed by atoms with Crippen molar-refractivity contribution in [2.45, 2.75) is 13.1 Å². The molecule has 0 bridgehead atoms. The summed E-state index contributed by atoms with van der Waals surface area (Å²) in [7, 11) is 0. The molecule has 1 aliphatic heterocycles. The molecule has 2 aromatic rings. The monoisotopic (exact) mass is 343 g/mol. The number of carbonyl (C=O) groups is 1. The van der Waals surface area contributed by atoms with E-state index in [2.05, 4.69) is 25.6 Å². The number of aromatic nitrogens is 3. The quantitative estimate of drug-likeness (QED) is 0.658. The Morgan fingerprint density at radius 1 is 1.40 bits per heavy atom. The van der Waals surface area contributed by atoms with Crippen molar-refractivity contribution in [2.75, 3.05) is 36.9 Å². The van der Waals surface area contributed by atoms with Crippen molar-refractivity contribution in [1.29, 1.82) is 0 Å². The number of piperazine rings is 1. The summed E-state index contributed by atoms with van der Waals surface area (Å²) in [5, 5.41) is 6.73. The third kappa shape index (κ3) is 3.83. The molecule has 2 aromatic heterocycles. The second-order valence-electron chi connectivity index (χ2n) is 5.42. The lowest BCUT2D eigenvalue weighted by Gasteiger charge is -2.34. The van der Waals surface area contributed by atoms with Crippen LogP contribution in [-0.2, 0) is 4.74 Å². The Morgan fingerprint density at radius 3 is 2.92 bits per heavy atom. The van der Waals surface area contributed by atoms with Gasteiger partial charge in [0.25, 0.3) is 0 Å². The number of esters is 1. The Labute approximate surface area is 145 Å². The van der Waals surface area contributed by atoms with Crippen molar-refractivity contribution in [2.24, 2.45) is 0 Å². The Hall–Kier alpha value is -2.78. The molecule has 0 spiro atoms. The van der Waals surface area contributed by atoms with Gasteiger partial charge in [0.15, 0.2) is 0 Å². The first-order chi connectivity index (χ1) is 12.2. The van der Waals surface area contributed by atoms with Crippen LogP contribution >= 0.6 is 0 Å². The van der Waals surface area contributed by atoms with E-state index in [4.69, 9.17) is 10.5 Å². The lowest BCUT2D eigenvalue weighted by atomic mass is 10.3. The molecule has 0 aliphatic carbocycles. The third-order valence-corrected chi connectivity index (χ3v) is 3.74. The summed E-state index contributed by atoms with van der Waals surface area (Å²) < 4.78 is 4.96. The van der Waals surface area contributed by atoms with Gasteiger partial charge in [-0.3, -0.25) is 10.2 Å². The minimum absolute atomic E-state index is 0.0770. The van der Waals surface area contributed by atoms with Crippen LogP contribution in [0.25, 0.3) is 0 Å². The highest BCUT2D eigenvalue weighted by molar-refractivity contribution is 5.94. The molecule has 132 valence electrons. The third-order valence-electron chi connectivity index (χ3n) is 3.74.